The van der Waals surface area contributed by atoms with Gasteiger partial charge in [-0.25, -0.2) is 4.68 Å². The highest BCUT2D eigenvalue weighted by Gasteiger charge is 2.16. The second-order valence-corrected chi connectivity index (χ2v) is 4.78. The molecule has 2 N–H and O–H groups in total. The van der Waals surface area contributed by atoms with Crippen LogP contribution in [0.15, 0.2) is 36.5 Å². The van der Waals surface area contributed by atoms with E-state index >= 15 is 0 Å². The molecule has 2 aromatic rings. The first-order valence-electron chi connectivity index (χ1n) is 5.96. The minimum absolute atomic E-state index is 0.0120. The van der Waals surface area contributed by atoms with E-state index in [9.17, 15) is 0 Å². The Bertz CT molecular complexity index is 500. The molecule has 0 radical (unpaired) electrons. The summed E-state index contributed by atoms with van der Waals surface area (Å²) in [6, 6.07) is 10.3. The molecule has 0 bridgehead atoms. The number of rotatable bonds is 3. The molecule has 0 saturated carbocycles. The topological polar surface area (TPSA) is 43.8 Å². The summed E-state index contributed by atoms with van der Waals surface area (Å²) in [6.45, 7) is 6.32. The molecular formula is C14H19N3. The lowest BCUT2D eigenvalue weighted by Gasteiger charge is -2.17. The Morgan fingerprint density at radius 1 is 1.24 bits per heavy atom. The molecule has 1 atom stereocenters. The molecule has 2 rings (SSSR count). The molecule has 90 valence electrons. The van der Waals surface area contributed by atoms with Crippen molar-refractivity contribution in [2.24, 2.45) is 11.7 Å². The molecule has 3 nitrogen and oxygen atoms in total. The first-order valence-corrected chi connectivity index (χ1v) is 5.96. The zero-order valence-corrected chi connectivity index (χ0v) is 10.6. The molecule has 0 aliphatic rings. The number of benzene rings is 1. The Morgan fingerprint density at radius 2 is 2.00 bits per heavy atom. The maximum absolute atomic E-state index is 6.20. The predicted molar refractivity (Wildman–Crippen MR) is 70.1 cm³/mol. The fourth-order valence-corrected chi connectivity index (χ4v) is 1.88. The van der Waals surface area contributed by atoms with E-state index in [-0.39, 0.29) is 6.04 Å². The highest BCUT2D eigenvalue weighted by Crippen LogP contribution is 2.21. The number of nitrogens with zero attached hydrogens (tertiary/aromatic N) is 2. The van der Waals surface area contributed by atoms with Crippen molar-refractivity contribution in [3.8, 4) is 5.69 Å². The van der Waals surface area contributed by atoms with Crippen LogP contribution in [-0.2, 0) is 0 Å². The summed E-state index contributed by atoms with van der Waals surface area (Å²) in [5, 5.41) is 4.37. The zero-order valence-electron chi connectivity index (χ0n) is 10.6. The van der Waals surface area contributed by atoms with Crippen LogP contribution in [0.1, 0.15) is 31.1 Å². The summed E-state index contributed by atoms with van der Waals surface area (Å²) in [7, 11) is 0. The summed E-state index contributed by atoms with van der Waals surface area (Å²) in [5.41, 5.74) is 9.55. The van der Waals surface area contributed by atoms with Crippen molar-refractivity contribution >= 4 is 0 Å². The average Bonchev–Trinajstić information content (AvgIpc) is 2.76. The van der Waals surface area contributed by atoms with E-state index in [0.29, 0.717) is 5.92 Å². The van der Waals surface area contributed by atoms with E-state index < -0.39 is 0 Å². The van der Waals surface area contributed by atoms with Gasteiger partial charge in [0.05, 0.1) is 11.4 Å². The second kappa shape index (κ2) is 4.72. The highest BCUT2D eigenvalue weighted by atomic mass is 15.3. The number of nitrogens with two attached hydrogens (primary N) is 1. The van der Waals surface area contributed by atoms with Gasteiger partial charge in [-0.05, 0) is 36.6 Å². The second-order valence-electron chi connectivity index (χ2n) is 4.78. The molecule has 17 heavy (non-hydrogen) atoms. The zero-order chi connectivity index (χ0) is 12.4. The quantitative estimate of drug-likeness (QED) is 0.879. The summed E-state index contributed by atoms with van der Waals surface area (Å²) in [6.07, 6.45) is 1.81. The predicted octanol–water partition coefficient (Wildman–Crippen LogP) is 2.84. The maximum Gasteiger partial charge on any atom is 0.0652 e. The van der Waals surface area contributed by atoms with Gasteiger partial charge in [-0.3, -0.25) is 0 Å². The Hall–Kier alpha value is -1.61. The summed E-state index contributed by atoms with van der Waals surface area (Å²) < 4.78 is 1.93. The van der Waals surface area contributed by atoms with Crippen LogP contribution in [0, 0.1) is 12.8 Å². The van der Waals surface area contributed by atoms with Crippen molar-refractivity contribution in [2.75, 3.05) is 0 Å². The van der Waals surface area contributed by atoms with Crippen LogP contribution < -0.4 is 5.73 Å². The van der Waals surface area contributed by atoms with E-state index in [1.165, 1.54) is 5.56 Å². The number of hydrogen-bond acceptors (Lipinski definition) is 2. The molecule has 3 heteroatoms. The molecule has 1 aromatic heterocycles. The number of aryl methyl sites for hydroxylation is 1. The van der Waals surface area contributed by atoms with E-state index in [1.807, 2.05) is 16.8 Å². The van der Waals surface area contributed by atoms with Crippen LogP contribution in [0.25, 0.3) is 5.69 Å². The normalized spacial score (nSPS) is 13.0. The Balaban J connectivity index is 2.43. The van der Waals surface area contributed by atoms with Gasteiger partial charge >= 0.3 is 0 Å². The molecule has 1 unspecified atom stereocenters. The first-order chi connectivity index (χ1) is 8.09. The lowest BCUT2D eigenvalue weighted by molar-refractivity contribution is 0.491. The third kappa shape index (κ3) is 2.39. The summed E-state index contributed by atoms with van der Waals surface area (Å²) in [4.78, 5) is 0. The Kier molecular flexibility index (Phi) is 3.29. The van der Waals surface area contributed by atoms with E-state index in [1.54, 1.807) is 6.20 Å². The number of aromatic nitrogens is 2. The van der Waals surface area contributed by atoms with Gasteiger partial charge in [0, 0.05) is 12.2 Å². The standard InChI is InChI=1S/C14H19N3/c1-10(2)14(15)13-7-8-16-17(13)12-6-4-5-11(3)9-12/h4-10,14H,15H2,1-3H3. The minimum atomic E-state index is 0.0120. The minimum Gasteiger partial charge on any atom is -0.322 e. The number of hydrogen-bond donors (Lipinski definition) is 1. The van der Waals surface area contributed by atoms with Gasteiger partial charge in [0.15, 0.2) is 0 Å². The first kappa shape index (κ1) is 11.9. The maximum atomic E-state index is 6.20. The van der Waals surface area contributed by atoms with Gasteiger partial charge in [-0.1, -0.05) is 26.0 Å². The van der Waals surface area contributed by atoms with Crippen molar-refractivity contribution in [1.29, 1.82) is 0 Å². The Labute approximate surface area is 102 Å². The van der Waals surface area contributed by atoms with Crippen LogP contribution in [0.4, 0.5) is 0 Å². The molecule has 0 aliphatic heterocycles. The molecule has 0 fully saturated rings. The van der Waals surface area contributed by atoms with Gasteiger partial charge in [0.1, 0.15) is 0 Å². The van der Waals surface area contributed by atoms with Crippen LogP contribution in [0.5, 0.6) is 0 Å². The lowest BCUT2D eigenvalue weighted by atomic mass is 10.0. The highest BCUT2D eigenvalue weighted by molar-refractivity contribution is 5.36. The van der Waals surface area contributed by atoms with E-state index in [0.717, 1.165) is 11.4 Å². The van der Waals surface area contributed by atoms with Crippen molar-refractivity contribution in [3.63, 3.8) is 0 Å². The molecule has 0 aliphatic carbocycles. The van der Waals surface area contributed by atoms with Gasteiger partial charge in [0.2, 0.25) is 0 Å². The third-order valence-corrected chi connectivity index (χ3v) is 2.98. The molecule has 1 heterocycles. The molecule has 0 saturated heterocycles. The van der Waals surface area contributed by atoms with Gasteiger partial charge in [0.25, 0.3) is 0 Å². The fraction of sp³-hybridized carbons (Fsp3) is 0.357. The largest absolute Gasteiger partial charge is 0.322 e. The van der Waals surface area contributed by atoms with Crippen molar-refractivity contribution < 1.29 is 0 Å². The average molecular weight is 229 g/mol. The lowest BCUT2D eigenvalue weighted by Crippen LogP contribution is -2.20. The van der Waals surface area contributed by atoms with Crippen molar-refractivity contribution in [2.45, 2.75) is 26.8 Å². The van der Waals surface area contributed by atoms with E-state index in [2.05, 4.69) is 44.1 Å². The molecular weight excluding hydrogens is 210 g/mol. The molecule has 0 amide bonds. The van der Waals surface area contributed by atoms with Crippen LogP contribution >= 0.6 is 0 Å². The SMILES string of the molecule is Cc1cccc(-n2nccc2C(N)C(C)C)c1. The third-order valence-electron chi connectivity index (χ3n) is 2.98. The smallest absolute Gasteiger partial charge is 0.0652 e. The Morgan fingerprint density at radius 3 is 2.65 bits per heavy atom. The van der Waals surface area contributed by atoms with E-state index in [4.69, 9.17) is 5.73 Å². The van der Waals surface area contributed by atoms with Gasteiger partial charge in [-0.2, -0.15) is 5.10 Å². The van der Waals surface area contributed by atoms with Crippen LogP contribution in [0.3, 0.4) is 0 Å². The molecule has 0 spiro atoms. The van der Waals surface area contributed by atoms with Crippen LogP contribution in [0.2, 0.25) is 0 Å². The fourth-order valence-electron chi connectivity index (χ4n) is 1.88. The summed E-state index contributed by atoms with van der Waals surface area (Å²) >= 11 is 0. The monoisotopic (exact) mass is 229 g/mol. The van der Waals surface area contributed by atoms with Crippen molar-refractivity contribution in [1.82, 2.24) is 9.78 Å². The van der Waals surface area contributed by atoms with Gasteiger partial charge < -0.3 is 5.73 Å². The van der Waals surface area contributed by atoms with Crippen LogP contribution in [-0.4, -0.2) is 9.78 Å². The van der Waals surface area contributed by atoms with Gasteiger partial charge in [-0.15, -0.1) is 0 Å². The van der Waals surface area contributed by atoms with Crippen molar-refractivity contribution in [3.05, 3.63) is 47.8 Å². The summed E-state index contributed by atoms with van der Waals surface area (Å²) in [5.74, 6) is 0.398. The molecule has 1 aromatic carbocycles.